The van der Waals surface area contributed by atoms with Crippen LogP contribution in [-0.2, 0) is 10.8 Å². The molecule has 0 atom stereocenters. The summed E-state index contributed by atoms with van der Waals surface area (Å²) in [6.45, 7) is 4.90. The van der Waals surface area contributed by atoms with Gasteiger partial charge in [0.25, 0.3) is 0 Å². The fourth-order valence-corrected chi connectivity index (χ4v) is 17.6. The van der Waals surface area contributed by atoms with Crippen molar-refractivity contribution in [2.45, 2.75) is 56.8 Å². The molecule has 4 fully saturated rings. The van der Waals surface area contributed by atoms with E-state index in [1.165, 1.54) is 107 Å². The Kier molecular flexibility index (Phi) is 6.96. The zero-order chi connectivity index (χ0) is 41.3. The highest BCUT2D eigenvalue weighted by Crippen LogP contribution is 2.70. The Balaban J connectivity index is 0.936. The molecule has 4 saturated carbocycles. The van der Waals surface area contributed by atoms with Gasteiger partial charge < -0.3 is 0 Å². The topological polar surface area (TPSA) is 38.7 Å². The Morgan fingerprint density at radius 1 is 0.444 bits per heavy atom. The maximum absolute atomic E-state index is 5.43. The van der Waals surface area contributed by atoms with Gasteiger partial charge in [-0.3, -0.25) is 0 Å². The summed E-state index contributed by atoms with van der Waals surface area (Å²) in [6.07, 6.45) is 6.93. The first-order chi connectivity index (χ1) is 30.9. The quantitative estimate of drug-likeness (QED) is 0.166. The molecule has 0 amide bonds. The molecule has 302 valence electrons. The van der Waals surface area contributed by atoms with E-state index in [9.17, 15) is 0 Å². The molecule has 6 aliphatic carbocycles. The van der Waals surface area contributed by atoms with Gasteiger partial charge in [0.1, 0.15) is 0 Å². The Morgan fingerprint density at radius 3 is 1.86 bits per heavy atom. The van der Waals surface area contributed by atoms with E-state index >= 15 is 0 Å². The van der Waals surface area contributed by atoms with Crippen LogP contribution in [0.2, 0.25) is 0 Å². The van der Waals surface area contributed by atoms with E-state index in [0.29, 0.717) is 11.8 Å². The number of nitrogens with zero attached hydrogens (tertiary/aromatic N) is 3. The van der Waals surface area contributed by atoms with Crippen LogP contribution in [0.3, 0.4) is 0 Å². The van der Waals surface area contributed by atoms with Crippen molar-refractivity contribution in [3.8, 4) is 67.5 Å². The van der Waals surface area contributed by atoms with Crippen LogP contribution >= 0.6 is 11.3 Å². The summed E-state index contributed by atoms with van der Waals surface area (Å²) in [5, 5.41) is 5.57. The third-order valence-electron chi connectivity index (χ3n) is 16.9. The highest BCUT2D eigenvalue weighted by atomic mass is 32.1. The Morgan fingerprint density at radius 2 is 1.05 bits per heavy atom. The zero-order valence-electron chi connectivity index (χ0n) is 35.6. The normalized spacial score (nSPS) is 23.9. The lowest BCUT2D eigenvalue weighted by molar-refractivity contribution is -0.0399. The van der Waals surface area contributed by atoms with E-state index in [1.807, 2.05) is 11.3 Å². The monoisotopic (exact) mass is 843 g/mol. The number of rotatable bonds is 3. The van der Waals surface area contributed by atoms with E-state index in [-0.39, 0.29) is 10.8 Å². The number of hydrogen-bond acceptors (Lipinski definition) is 4. The third kappa shape index (κ3) is 4.72. The lowest BCUT2D eigenvalue weighted by Crippen LogP contribution is -2.55. The molecule has 1 spiro atoms. The predicted octanol–water partition coefficient (Wildman–Crippen LogP) is 12.4. The van der Waals surface area contributed by atoms with E-state index in [0.717, 1.165) is 46.0 Å². The minimum absolute atomic E-state index is 0.0344. The van der Waals surface area contributed by atoms with Crippen LogP contribution in [0.1, 0.15) is 68.2 Å². The fraction of sp³-hybridized carbons (Fsp3) is 0.224. The molecule has 7 aliphatic rings. The number of hydrogen-bond donors (Lipinski definition) is 0. The van der Waals surface area contributed by atoms with Gasteiger partial charge in [-0.2, -0.15) is 0 Å². The molecule has 0 unspecified atom stereocenters. The van der Waals surface area contributed by atoms with Gasteiger partial charge in [-0.1, -0.05) is 139 Å². The van der Waals surface area contributed by atoms with Crippen molar-refractivity contribution < 1.29 is 0 Å². The van der Waals surface area contributed by atoms with Crippen LogP contribution in [0.15, 0.2) is 140 Å². The average molecular weight is 844 g/mol. The standard InChI is InChI=1S/C58H45N3SSi/c1-57(2)46-12-6-3-9-38(46)44-29-45-43-26-33(17-20-47(43)58(49(45)30-48(44)57)36-22-31-21-32(24-36)25-37(58)23-31)54-59-55(34-15-18-40-39-10-4-7-13-50(39)62-51(40)27-34)61-56(60-54)35-16-19-42-41-11-5-8-14-52(41)63-53(42)28-35/h3-20,26-32,36-37H,21-25,63H2,1-2H3. The summed E-state index contributed by atoms with van der Waals surface area (Å²) in [4.78, 5) is 16.2. The zero-order valence-corrected chi connectivity index (χ0v) is 37.8. The summed E-state index contributed by atoms with van der Waals surface area (Å²) in [6, 6.07) is 53.2. The Hall–Kier alpha value is -6.01. The number of thiophene rings is 1. The van der Waals surface area contributed by atoms with Crippen LogP contribution in [0.4, 0.5) is 0 Å². The first-order valence-electron chi connectivity index (χ1n) is 23.2. The third-order valence-corrected chi connectivity index (χ3v) is 20.0. The molecular formula is C58H45N3SSi. The number of aromatic nitrogens is 3. The molecule has 16 rings (SSSR count). The van der Waals surface area contributed by atoms with Crippen LogP contribution in [0.5, 0.6) is 0 Å². The second-order valence-electron chi connectivity index (χ2n) is 20.4. The van der Waals surface area contributed by atoms with E-state index in [2.05, 4.69) is 153 Å². The van der Waals surface area contributed by atoms with Crippen LogP contribution < -0.4 is 10.4 Å². The summed E-state index contributed by atoms with van der Waals surface area (Å²) < 4.78 is 2.56. The summed E-state index contributed by atoms with van der Waals surface area (Å²) in [5.41, 5.74) is 17.8. The van der Waals surface area contributed by atoms with Crippen molar-refractivity contribution in [2.75, 3.05) is 0 Å². The van der Waals surface area contributed by atoms with E-state index < -0.39 is 9.52 Å². The fourth-order valence-electron chi connectivity index (χ4n) is 14.4. The smallest absolute Gasteiger partial charge is 0.164 e. The molecule has 0 radical (unpaired) electrons. The molecule has 4 bridgehead atoms. The van der Waals surface area contributed by atoms with Crippen molar-refractivity contribution in [1.29, 1.82) is 0 Å². The van der Waals surface area contributed by atoms with Crippen LogP contribution in [0, 0.1) is 23.7 Å². The van der Waals surface area contributed by atoms with Gasteiger partial charge >= 0.3 is 0 Å². The van der Waals surface area contributed by atoms with Crippen molar-refractivity contribution in [1.82, 2.24) is 15.0 Å². The second-order valence-corrected chi connectivity index (χ2v) is 23.3. The lowest BCUT2D eigenvalue weighted by Gasteiger charge is -2.61. The van der Waals surface area contributed by atoms with Gasteiger partial charge in [-0.15, -0.1) is 11.3 Å². The number of benzene rings is 7. The minimum Gasteiger partial charge on any atom is -0.208 e. The highest BCUT2D eigenvalue weighted by Gasteiger charge is 2.62. The lowest BCUT2D eigenvalue weighted by atomic mass is 9.43. The van der Waals surface area contributed by atoms with Gasteiger partial charge in [0, 0.05) is 47.7 Å². The van der Waals surface area contributed by atoms with Gasteiger partial charge in [0.2, 0.25) is 0 Å². The average Bonchev–Trinajstić information content (AvgIpc) is 4.02. The summed E-state index contributed by atoms with van der Waals surface area (Å²) in [5.74, 6) is 5.39. The molecule has 9 aromatic rings. The highest BCUT2D eigenvalue weighted by molar-refractivity contribution is 7.25. The molecular weight excluding hydrogens is 799 g/mol. The molecule has 1 aliphatic heterocycles. The van der Waals surface area contributed by atoms with E-state index in [1.54, 1.807) is 11.1 Å². The largest absolute Gasteiger partial charge is 0.208 e. The minimum atomic E-state index is -0.596. The van der Waals surface area contributed by atoms with Crippen molar-refractivity contribution >= 4 is 51.4 Å². The van der Waals surface area contributed by atoms with Crippen LogP contribution in [-0.4, -0.2) is 24.5 Å². The first kappa shape index (κ1) is 35.4. The second kappa shape index (κ2) is 12.4. The molecule has 5 heteroatoms. The van der Waals surface area contributed by atoms with Gasteiger partial charge in [-0.25, -0.2) is 15.0 Å². The van der Waals surface area contributed by atoms with Crippen molar-refractivity contribution in [3.63, 3.8) is 0 Å². The SMILES string of the molecule is CC1(C)c2ccccc2-c2cc3c(cc21)C1(c2ccc(-c4nc(-c5ccc6c(c5)[SiH2]c5ccccc5-6)nc(-c5ccc6c(c5)sc5ccccc56)n4)cc2-3)C2CC3CC(C2)CC1C3. The first-order valence-corrected chi connectivity index (χ1v) is 25.4. The Labute approximate surface area is 374 Å². The Bertz CT molecular complexity index is 3480. The molecule has 63 heavy (non-hydrogen) atoms. The van der Waals surface area contributed by atoms with E-state index in [4.69, 9.17) is 15.0 Å². The summed E-state index contributed by atoms with van der Waals surface area (Å²) in [7, 11) is -0.596. The number of fused-ring (bicyclic) bond motifs is 12. The molecule has 2 aromatic heterocycles. The molecule has 3 heterocycles. The molecule has 7 aromatic carbocycles. The van der Waals surface area contributed by atoms with Gasteiger partial charge in [0.05, 0.1) is 9.52 Å². The molecule has 0 saturated heterocycles. The molecule has 3 nitrogen and oxygen atoms in total. The maximum Gasteiger partial charge on any atom is 0.164 e. The maximum atomic E-state index is 5.43. The molecule has 0 N–H and O–H groups in total. The van der Waals surface area contributed by atoms with Crippen molar-refractivity contribution in [2.24, 2.45) is 23.7 Å². The van der Waals surface area contributed by atoms with Gasteiger partial charge in [0.15, 0.2) is 17.5 Å². The van der Waals surface area contributed by atoms with Crippen molar-refractivity contribution in [3.05, 3.63) is 162 Å². The van der Waals surface area contributed by atoms with Crippen LogP contribution in [0.25, 0.3) is 87.7 Å². The predicted molar refractivity (Wildman–Crippen MR) is 263 cm³/mol. The van der Waals surface area contributed by atoms with Gasteiger partial charge in [-0.05, 0) is 136 Å². The summed E-state index contributed by atoms with van der Waals surface area (Å²) >= 11 is 1.84.